The minimum absolute atomic E-state index is 0.0790. The van der Waals surface area contributed by atoms with Crippen molar-refractivity contribution in [1.82, 2.24) is 14.7 Å². The minimum Gasteiger partial charge on any atom is -0.465 e. The monoisotopic (exact) mass is 353 g/mol. The van der Waals surface area contributed by atoms with Gasteiger partial charge in [0, 0.05) is 19.0 Å². The van der Waals surface area contributed by atoms with Crippen LogP contribution in [0.1, 0.15) is 24.2 Å². The van der Waals surface area contributed by atoms with Crippen molar-refractivity contribution in [2.75, 3.05) is 13.1 Å². The first-order valence-corrected chi connectivity index (χ1v) is 7.29. The van der Waals surface area contributed by atoms with Gasteiger partial charge in [0.2, 0.25) is 0 Å². The van der Waals surface area contributed by atoms with Gasteiger partial charge in [-0.1, -0.05) is 11.6 Å². The number of aromatic nitrogens is 2. The molecule has 0 unspecified atom stereocenters. The lowest BCUT2D eigenvalue weighted by molar-refractivity contribution is -0.141. The van der Waals surface area contributed by atoms with Crippen LogP contribution in [0.4, 0.5) is 18.0 Å². The maximum absolute atomic E-state index is 12.7. The summed E-state index contributed by atoms with van der Waals surface area (Å²) in [5.41, 5.74) is -1.12. The summed E-state index contributed by atoms with van der Waals surface area (Å²) in [5, 5.41) is 11.7. The van der Waals surface area contributed by atoms with E-state index in [-0.39, 0.29) is 37.0 Å². The van der Waals surface area contributed by atoms with Crippen LogP contribution in [0.5, 0.6) is 0 Å². The van der Waals surface area contributed by atoms with Crippen LogP contribution in [0, 0.1) is 12.8 Å². The Labute approximate surface area is 134 Å². The second-order valence-electron chi connectivity index (χ2n) is 5.41. The van der Waals surface area contributed by atoms with Crippen LogP contribution in [0.3, 0.4) is 0 Å². The van der Waals surface area contributed by atoms with E-state index in [2.05, 4.69) is 5.10 Å². The van der Waals surface area contributed by atoms with E-state index in [9.17, 15) is 22.8 Å². The molecule has 10 heteroatoms. The van der Waals surface area contributed by atoms with Gasteiger partial charge in [-0.3, -0.25) is 9.48 Å². The third-order valence-corrected chi connectivity index (χ3v) is 4.38. The van der Waals surface area contributed by atoms with Gasteiger partial charge >= 0.3 is 12.3 Å². The summed E-state index contributed by atoms with van der Waals surface area (Å²) in [5.74, 6) is -0.659. The van der Waals surface area contributed by atoms with E-state index in [1.165, 1.54) is 11.8 Å². The molecule has 0 radical (unpaired) electrons. The quantitative estimate of drug-likeness (QED) is 0.906. The highest BCUT2D eigenvalue weighted by Crippen LogP contribution is 2.35. The summed E-state index contributed by atoms with van der Waals surface area (Å²) in [6, 6.07) is 0. The second kappa shape index (κ2) is 6.38. The molecule has 1 N–H and O–H groups in total. The molecule has 1 aromatic rings. The second-order valence-corrected chi connectivity index (χ2v) is 5.79. The number of likely N-dealkylation sites (tertiary alicyclic amines) is 1. The Kier molecular flexibility index (Phi) is 4.88. The van der Waals surface area contributed by atoms with Crippen LogP contribution < -0.4 is 0 Å². The molecule has 6 nitrogen and oxygen atoms in total. The summed E-state index contributed by atoms with van der Waals surface area (Å²) < 4.78 is 39.2. The molecule has 0 atom stereocenters. The van der Waals surface area contributed by atoms with Gasteiger partial charge in [-0.2, -0.15) is 18.3 Å². The van der Waals surface area contributed by atoms with E-state index < -0.39 is 23.0 Å². The summed E-state index contributed by atoms with van der Waals surface area (Å²) in [6.45, 7) is 1.53. The Morgan fingerprint density at radius 1 is 1.35 bits per heavy atom. The van der Waals surface area contributed by atoms with Gasteiger partial charge in [0.15, 0.2) is 11.5 Å². The van der Waals surface area contributed by atoms with Gasteiger partial charge in [0.1, 0.15) is 6.54 Å². The molecular weight excluding hydrogens is 339 g/mol. The lowest BCUT2D eigenvalue weighted by Crippen LogP contribution is -2.40. The van der Waals surface area contributed by atoms with Crippen molar-refractivity contribution in [2.45, 2.75) is 32.5 Å². The topological polar surface area (TPSA) is 75.4 Å². The van der Waals surface area contributed by atoms with E-state index in [0.717, 1.165) is 4.68 Å². The maximum Gasteiger partial charge on any atom is 0.436 e. The molecule has 1 aliphatic rings. The Balaban J connectivity index is 2.06. The van der Waals surface area contributed by atoms with Gasteiger partial charge < -0.3 is 10.0 Å². The number of Topliss-reactive ketones (excluding diaryl/α,β-unsaturated/α-hetero) is 1. The molecule has 1 fully saturated rings. The Morgan fingerprint density at radius 2 is 1.91 bits per heavy atom. The fourth-order valence-electron chi connectivity index (χ4n) is 2.53. The van der Waals surface area contributed by atoms with Crippen molar-refractivity contribution >= 4 is 23.5 Å². The zero-order chi connectivity index (χ0) is 17.4. The molecule has 1 aromatic heterocycles. The molecule has 2 heterocycles. The predicted molar refractivity (Wildman–Crippen MR) is 74.3 cm³/mol. The molecule has 0 spiro atoms. The van der Waals surface area contributed by atoms with E-state index in [0.29, 0.717) is 12.8 Å². The van der Waals surface area contributed by atoms with Gasteiger partial charge in [0.25, 0.3) is 0 Å². The highest BCUT2D eigenvalue weighted by molar-refractivity contribution is 6.32. The largest absolute Gasteiger partial charge is 0.465 e. The van der Waals surface area contributed by atoms with Crippen LogP contribution in [0.2, 0.25) is 5.02 Å². The molecule has 1 amide bonds. The fourth-order valence-corrected chi connectivity index (χ4v) is 2.77. The molecule has 23 heavy (non-hydrogen) atoms. The molecule has 1 saturated heterocycles. The van der Waals surface area contributed by atoms with Crippen LogP contribution in [0.15, 0.2) is 0 Å². The van der Waals surface area contributed by atoms with Gasteiger partial charge in [0.05, 0.1) is 10.7 Å². The zero-order valence-electron chi connectivity index (χ0n) is 12.2. The van der Waals surface area contributed by atoms with E-state index in [4.69, 9.17) is 16.7 Å². The van der Waals surface area contributed by atoms with Crippen molar-refractivity contribution in [1.29, 1.82) is 0 Å². The SMILES string of the molecule is Cc1c(Cl)c(C(F)(F)F)nn1CC(=O)C1CCN(C(=O)O)CC1. The number of halogens is 4. The summed E-state index contributed by atoms with van der Waals surface area (Å²) in [4.78, 5) is 24.2. The molecule has 1 aliphatic heterocycles. The Hall–Kier alpha value is -1.77. The third-order valence-electron chi connectivity index (χ3n) is 3.93. The van der Waals surface area contributed by atoms with Gasteiger partial charge in [-0.15, -0.1) is 0 Å². The normalized spacial score (nSPS) is 16.7. The van der Waals surface area contributed by atoms with Crippen molar-refractivity contribution < 1.29 is 27.9 Å². The number of piperidine rings is 1. The number of alkyl halides is 3. The van der Waals surface area contributed by atoms with Crippen LogP contribution in [0.25, 0.3) is 0 Å². The third kappa shape index (κ3) is 3.77. The average molecular weight is 354 g/mol. The molecule has 0 bridgehead atoms. The fraction of sp³-hybridized carbons (Fsp3) is 0.615. The lowest BCUT2D eigenvalue weighted by atomic mass is 9.92. The van der Waals surface area contributed by atoms with Crippen molar-refractivity contribution in [3.63, 3.8) is 0 Å². The van der Waals surface area contributed by atoms with Crippen molar-refractivity contribution in [2.24, 2.45) is 5.92 Å². The van der Waals surface area contributed by atoms with Crippen molar-refractivity contribution in [3.05, 3.63) is 16.4 Å². The van der Waals surface area contributed by atoms with E-state index >= 15 is 0 Å². The van der Waals surface area contributed by atoms with E-state index in [1.807, 2.05) is 0 Å². The highest BCUT2D eigenvalue weighted by atomic mass is 35.5. The number of carbonyl (C=O) groups excluding carboxylic acids is 1. The summed E-state index contributed by atoms with van der Waals surface area (Å²) in [7, 11) is 0. The van der Waals surface area contributed by atoms with Gasteiger partial charge in [-0.25, -0.2) is 4.79 Å². The number of carbonyl (C=O) groups is 2. The smallest absolute Gasteiger partial charge is 0.436 e. The number of amides is 1. The number of carboxylic acid groups (broad SMARTS) is 1. The minimum atomic E-state index is -4.68. The predicted octanol–water partition coefficient (Wildman–Crippen LogP) is 2.82. The number of hydrogen-bond donors (Lipinski definition) is 1. The number of hydrogen-bond acceptors (Lipinski definition) is 3. The first-order chi connectivity index (χ1) is 10.6. The summed E-state index contributed by atoms with van der Waals surface area (Å²) in [6.07, 6.45) is -5.01. The highest BCUT2D eigenvalue weighted by Gasteiger charge is 2.38. The molecule has 0 saturated carbocycles. The molecular formula is C13H15ClF3N3O3. The first kappa shape index (κ1) is 17.6. The molecule has 128 valence electrons. The Morgan fingerprint density at radius 3 is 2.35 bits per heavy atom. The standard InChI is InChI=1S/C13H15ClF3N3O3/c1-7-10(14)11(13(15,16)17)18-20(7)6-9(21)8-2-4-19(5-3-8)12(22)23/h8H,2-6H2,1H3,(H,22,23). The van der Waals surface area contributed by atoms with Crippen LogP contribution in [-0.2, 0) is 17.5 Å². The summed E-state index contributed by atoms with van der Waals surface area (Å²) >= 11 is 5.64. The number of nitrogens with zero attached hydrogens (tertiary/aromatic N) is 3. The van der Waals surface area contributed by atoms with Crippen LogP contribution >= 0.6 is 11.6 Å². The molecule has 2 rings (SSSR count). The van der Waals surface area contributed by atoms with Crippen molar-refractivity contribution in [3.8, 4) is 0 Å². The molecule has 0 aromatic carbocycles. The first-order valence-electron chi connectivity index (χ1n) is 6.92. The number of ketones is 1. The van der Waals surface area contributed by atoms with E-state index in [1.54, 1.807) is 0 Å². The maximum atomic E-state index is 12.7. The van der Waals surface area contributed by atoms with Gasteiger partial charge in [-0.05, 0) is 19.8 Å². The molecule has 0 aliphatic carbocycles. The lowest BCUT2D eigenvalue weighted by Gasteiger charge is -2.29. The van der Waals surface area contributed by atoms with Crippen LogP contribution in [-0.4, -0.2) is 44.8 Å². The zero-order valence-corrected chi connectivity index (χ0v) is 13.0. The average Bonchev–Trinajstić information content (AvgIpc) is 2.75. The Bertz CT molecular complexity index is 622. The number of rotatable bonds is 3.